The minimum absolute atomic E-state index is 0.00217. The van der Waals surface area contributed by atoms with Crippen LogP contribution < -0.4 is 5.32 Å². The molecule has 2 N–H and O–H groups in total. The highest BCUT2D eigenvalue weighted by Gasteiger charge is 2.30. The number of aliphatic hydroxyl groups is 1. The molecular weight excluding hydrogens is 560 g/mol. The second-order valence-corrected chi connectivity index (χ2v) is 8.74. The van der Waals surface area contributed by atoms with Crippen LogP contribution in [0.1, 0.15) is 0 Å². The fraction of sp³-hybridized carbons (Fsp3) is 0.222. The molecule has 8 heteroatoms. The third-order valence-electron chi connectivity index (χ3n) is 4.51. The normalized spacial score (nSPS) is 15.9. The van der Waals surface area contributed by atoms with Crippen LogP contribution in [0.2, 0.25) is 0 Å². The molecule has 0 saturated carbocycles. The molecule has 1 saturated heterocycles. The summed E-state index contributed by atoms with van der Waals surface area (Å²) in [5.41, 5.74) is 2.05. The van der Waals surface area contributed by atoms with Crippen molar-refractivity contribution in [1.29, 1.82) is 0 Å². The van der Waals surface area contributed by atoms with E-state index in [0.717, 1.165) is 33.8 Å². The molecule has 0 radical (unpaired) electrons. The van der Waals surface area contributed by atoms with Gasteiger partial charge in [-0.2, -0.15) is 0 Å². The van der Waals surface area contributed by atoms with E-state index in [0.29, 0.717) is 6.54 Å². The fourth-order valence-electron chi connectivity index (χ4n) is 3.36. The molecule has 2 aromatic carbocycles. The summed E-state index contributed by atoms with van der Waals surface area (Å²) in [6.07, 6.45) is -0.847. The first-order valence-corrected chi connectivity index (χ1v) is 10.2. The van der Waals surface area contributed by atoms with Crippen molar-refractivity contribution in [2.45, 2.75) is 12.6 Å². The second-order valence-electron chi connectivity index (χ2n) is 6.25. The lowest BCUT2D eigenvalue weighted by atomic mass is 10.2. The predicted molar refractivity (Wildman–Crippen MR) is 116 cm³/mol. The Kier molecular flexibility index (Phi) is 4.82. The van der Waals surface area contributed by atoms with Crippen molar-refractivity contribution >= 4 is 78.9 Å². The van der Waals surface area contributed by atoms with Crippen LogP contribution in [0, 0.1) is 7.14 Å². The van der Waals surface area contributed by atoms with Gasteiger partial charge in [-0.1, -0.05) is 0 Å². The summed E-state index contributed by atoms with van der Waals surface area (Å²) >= 11 is 4.58. The third-order valence-corrected chi connectivity index (χ3v) is 5.85. The predicted octanol–water partition coefficient (Wildman–Crippen LogP) is 2.92. The van der Waals surface area contributed by atoms with Crippen molar-refractivity contribution in [1.82, 2.24) is 14.8 Å². The molecule has 0 unspecified atom stereocenters. The molecule has 0 aliphatic carbocycles. The van der Waals surface area contributed by atoms with Gasteiger partial charge in [0.05, 0.1) is 25.7 Å². The smallest absolute Gasteiger partial charge is 0.324 e. The summed E-state index contributed by atoms with van der Waals surface area (Å²) in [5.74, 6) is -0.305. The number of β-amino-alcohol motifs (C(OH)–C–C–N with tert-alkyl or cyclic N) is 1. The summed E-state index contributed by atoms with van der Waals surface area (Å²) in [5, 5.41) is 15.3. The lowest BCUT2D eigenvalue weighted by Crippen LogP contribution is -2.39. The van der Waals surface area contributed by atoms with Crippen molar-refractivity contribution in [2.24, 2.45) is 0 Å². The van der Waals surface area contributed by atoms with E-state index < -0.39 is 12.1 Å². The number of aromatic nitrogens is 1. The van der Waals surface area contributed by atoms with Crippen LogP contribution in [-0.2, 0) is 11.3 Å². The van der Waals surface area contributed by atoms with Gasteiger partial charge in [-0.05, 0) is 81.6 Å². The molecule has 4 rings (SSSR count). The third kappa shape index (κ3) is 3.18. The number of carbonyl (C=O) groups excluding carboxylic acids is 2. The number of fused-ring (bicyclic) bond motifs is 3. The van der Waals surface area contributed by atoms with Gasteiger partial charge in [0.15, 0.2) is 0 Å². The van der Waals surface area contributed by atoms with Gasteiger partial charge in [0, 0.05) is 28.9 Å². The number of imide groups is 1. The maximum atomic E-state index is 11.7. The van der Waals surface area contributed by atoms with Gasteiger partial charge in [0.1, 0.15) is 0 Å². The van der Waals surface area contributed by atoms with E-state index in [4.69, 9.17) is 0 Å². The number of aliphatic hydroxyl groups excluding tert-OH is 1. The topological polar surface area (TPSA) is 74.6 Å². The summed E-state index contributed by atoms with van der Waals surface area (Å²) in [7, 11) is 0. The van der Waals surface area contributed by atoms with E-state index in [1.165, 1.54) is 0 Å². The van der Waals surface area contributed by atoms with Gasteiger partial charge in [-0.25, -0.2) is 4.79 Å². The second kappa shape index (κ2) is 6.97. The highest BCUT2D eigenvalue weighted by molar-refractivity contribution is 14.1. The monoisotopic (exact) mass is 575 g/mol. The number of rotatable bonds is 4. The molecule has 1 aliphatic heterocycles. The largest absolute Gasteiger partial charge is 0.389 e. The zero-order chi connectivity index (χ0) is 18.4. The molecule has 6 nitrogen and oxygen atoms in total. The molecule has 1 aliphatic rings. The van der Waals surface area contributed by atoms with Crippen molar-refractivity contribution in [3.05, 3.63) is 43.5 Å². The number of carbonyl (C=O) groups is 2. The van der Waals surface area contributed by atoms with Crippen LogP contribution in [0.15, 0.2) is 36.4 Å². The minimum atomic E-state index is -0.847. The number of urea groups is 1. The Morgan fingerprint density at radius 2 is 1.58 bits per heavy atom. The van der Waals surface area contributed by atoms with Crippen LogP contribution in [0.25, 0.3) is 21.8 Å². The highest BCUT2D eigenvalue weighted by atomic mass is 127. The Hall–Kier alpha value is -1.40. The number of amides is 3. The number of nitrogens with one attached hydrogen (secondary N) is 1. The first-order chi connectivity index (χ1) is 12.4. The SMILES string of the molecule is O=C1CNC(=O)N1C[C@@H](O)Cn1c2ccc(I)cc2c2cc(I)ccc21. The zero-order valence-corrected chi connectivity index (χ0v) is 17.9. The van der Waals surface area contributed by atoms with Gasteiger partial charge in [0.25, 0.3) is 0 Å². The van der Waals surface area contributed by atoms with E-state index in [-0.39, 0.29) is 19.0 Å². The van der Waals surface area contributed by atoms with E-state index in [1.807, 2.05) is 24.3 Å². The van der Waals surface area contributed by atoms with Crippen LogP contribution in [0.4, 0.5) is 4.79 Å². The summed E-state index contributed by atoms with van der Waals surface area (Å²) in [4.78, 5) is 24.5. The zero-order valence-electron chi connectivity index (χ0n) is 13.6. The minimum Gasteiger partial charge on any atom is -0.389 e. The molecule has 3 aromatic rings. The van der Waals surface area contributed by atoms with Gasteiger partial charge in [-0.15, -0.1) is 0 Å². The fourth-order valence-corrected chi connectivity index (χ4v) is 4.35. The van der Waals surface area contributed by atoms with Crippen molar-refractivity contribution in [2.75, 3.05) is 13.1 Å². The number of halogens is 2. The number of hydrogen-bond donors (Lipinski definition) is 2. The summed E-state index contributed by atoms with van der Waals surface area (Å²) in [6, 6.07) is 12.0. The van der Waals surface area contributed by atoms with Crippen molar-refractivity contribution in [3.8, 4) is 0 Å². The number of hydrogen-bond acceptors (Lipinski definition) is 3. The summed E-state index contributed by atoms with van der Waals surface area (Å²) < 4.78 is 4.35. The van der Waals surface area contributed by atoms with Crippen LogP contribution in [0.3, 0.4) is 0 Å². The first-order valence-electron chi connectivity index (χ1n) is 8.07. The quantitative estimate of drug-likeness (QED) is 0.372. The molecule has 0 bridgehead atoms. The van der Waals surface area contributed by atoms with Gasteiger partial charge in [0.2, 0.25) is 5.91 Å². The summed E-state index contributed by atoms with van der Waals surface area (Å²) in [6.45, 7) is 0.288. The van der Waals surface area contributed by atoms with Gasteiger partial charge < -0.3 is 15.0 Å². The Bertz CT molecular complexity index is 972. The van der Waals surface area contributed by atoms with Crippen LogP contribution >= 0.6 is 45.2 Å². The van der Waals surface area contributed by atoms with Crippen LogP contribution in [0.5, 0.6) is 0 Å². The average Bonchev–Trinajstić information content (AvgIpc) is 3.07. The van der Waals surface area contributed by atoms with E-state index in [1.54, 1.807) is 0 Å². The van der Waals surface area contributed by atoms with Gasteiger partial charge >= 0.3 is 6.03 Å². The van der Waals surface area contributed by atoms with E-state index in [2.05, 4.69) is 67.2 Å². The Morgan fingerprint density at radius 1 is 1.00 bits per heavy atom. The maximum Gasteiger partial charge on any atom is 0.324 e. The first kappa shape index (κ1) is 18.0. The van der Waals surface area contributed by atoms with Crippen molar-refractivity contribution in [3.63, 3.8) is 0 Å². The molecule has 134 valence electrons. The van der Waals surface area contributed by atoms with E-state index in [9.17, 15) is 14.7 Å². The molecule has 3 amide bonds. The Balaban J connectivity index is 1.73. The number of nitrogens with zero attached hydrogens (tertiary/aromatic N) is 2. The molecule has 1 fully saturated rings. The van der Waals surface area contributed by atoms with E-state index >= 15 is 0 Å². The standard InChI is InChI=1S/C18H15I2N3O3/c19-10-1-3-15-13(5-10)14-6-11(20)2-4-16(14)22(15)8-12(24)9-23-17(25)7-21-18(23)26/h1-6,12,24H,7-9H2,(H,21,26)/t12-/m0/s1. The molecule has 2 heterocycles. The molecule has 1 aromatic heterocycles. The molecule has 0 spiro atoms. The van der Waals surface area contributed by atoms with Gasteiger partial charge in [-0.3, -0.25) is 9.69 Å². The number of benzene rings is 2. The molecule has 1 atom stereocenters. The van der Waals surface area contributed by atoms with Crippen molar-refractivity contribution < 1.29 is 14.7 Å². The Labute approximate surface area is 176 Å². The molecular formula is C18H15I2N3O3. The lowest BCUT2D eigenvalue weighted by Gasteiger charge is -2.19. The van der Waals surface area contributed by atoms with Crippen LogP contribution in [-0.4, -0.2) is 45.7 Å². The Morgan fingerprint density at radius 3 is 2.08 bits per heavy atom. The molecule has 26 heavy (non-hydrogen) atoms. The average molecular weight is 575 g/mol. The highest BCUT2D eigenvalue weighted by Crippen LogP contribution is 2.31. The maximum absolute atomic E-state index is 11.7. The lowest BCUT2D eigenvalue weighted by molar-refractivity contribution is -0.126.